The number of rotatable bonds is 4. The first-order valence-corrected chi connectivity index (χ1v) is 9.10. The number of likely N-dealkylation sites (tertiary alicyclic amines) is 1. The van der Waals surface area contributed by atoms with Crippen LogP contribution in [0.2, 0.25) is 0 Å². The van der Waals surface area contributed by atoms with E-state index in [0.717, 1.165) is 18.7 Å². The Morgan fingerprint density at radius 1 is 1.25 bits per heavy atom. The standard InChI is InChI=1S/C16H17N3O3S2/c20-15-14(10-12-4-6-13(7-5-12)19(21)22)24-16(23)18(15)11-17-8-2-1-3-9-17/h4-7,10H,1-3,8-9,11H2/p+1. The van der Waals surface area contributed by atoms with Gasteiger partial charge in [-0.3, -0.25) is 14.9 Å². The lowest BCUT2D eigenvalue weighted by molar-refractivity contribution is -0.911. The largest absolute Gasteiger partial charge is 0.317 e. The summed E-state index contributed by atoms with van der Waals surface area (Å²) in [4.78, 5) is 26.5. The Kier molecular flexibility index (Phi) is 5.27. The number of nitro benzene ring substituents is 1. The van der Waals surface area contributed by atoms with Gasteiger partial charge >= 0.3 is 0 Å². The molecular weight excluding hydrogens is 346 g/mol. The SMILES string of the molecule is O=C1C(=Cc2ccc([N+](=O)[O-])cc2)SC(=S)N1C[NH+]1CCCCC1. The Morgan fingerprint density at radius 2 is 1.92 bits per heavy atom. The molecule has 0 saturated carbocycles. The summed E-state index contributed by atoms with van der Waals surface area (Å²) in [5.74, 6) is -0.0681. The molecule has 0 atom stereocenters. The molecule has 1 aromatic rings. The monoisotopic (exact) mass is 364 g/mol. The topological polar surface area (TPSA) is 67.9 Å². The van der Waals surface area contributed by atoms with Gasteiger partial charge in [0.05, 0.1) is 22.9 Å². The Balaban J connectivity index is 1.71. The number of benzene rings is 1. The Hall–Kier alpha value is -1.77. The molecule has 2 aliphatic heterocycles. The van der Waals surface area contributed by atoms with Crippen molar-refractivity contribution in [3.05, 3.63) is 44.8 Å². The van der Waals surface area contributed by atoms with Gasteiger partial charge in [-0.2, -0.15) is 0 Å². The predicted molar refractivity (Wildman–Crippen MR) is 97.5 cm³/mol. The molecule has 2 aliphatic rings. The van der Waals surface area contributed by atoms with Gasteiger partial charge in [0.2, 0.25) is 0 Å². The maximum Gasteiger partial charge on any atom is 0.270 e. The summed E-state index contributed by atoms with van der Waals surface area (Å²) in [5, 5.41) is 10.7. The van der Waals surface area contributed by atoms with E-state index >= 15 is 0 Å². The number of non-ortho nitro benzene ring substituents is 1. The third-order valence-electron chi connectivity index (χ3n) is 4.22. The summed E-state index contributed by atoms with van der Waals surface area (Å²) in [6.07, 6.45) is 5.40. The van der Waals surface area contributed by atoms with Crippen LogP contribution in [-0.2, 0) is 4.79 Å². The number of carbonyl (C=O) groups is 1. The summed E-state index contributed by atoms with van der Waals surface area (Å²) in [7, 11) is 0. The highest BCUT2D eigenvalue weighted by atomic mass is 32.2. The highest BCUT2D eigenvalue weighted by Gasteiger charge is 2.34. The van der Waals surface area contributed by atoms with E-state index in [1.165, 1.54) is 48.1 Å². The van der Waals surface area contributed by atoms with Crippen LogP contribution in [0.25, 0.3) is 6.08 Å². The van der Waals surface area contributed by atoms with E-state index in [0.29, 0.717) is 15.9 Å². The smallest absolute Gasteiger partial charge is 0.270 e. The van der Waals surface area contributed by atoms with Crippen LogP contribution in [-0.4, -0.2) is 39.8 Å². The van der Waals surface area contributed by atoms with Gasteiger partial charge in [-0.05, 0) is 43.0 Å². The second-order valence-corrected chi connectivity index (χ2v) is 7.60. The number of carbonyl (C=O) groups excluding carboxylic acids is 1. The lowest BCUT2D eigenvalue weighted by Crippen LogP contribution is -3.14. The normalized spacial score (nSPS) is 20.8. The van der Waals surface area contributed by atoms with E-state index in [2.05, 4.69) is 0 Å². The molecule has 1 amide bonds. The number of piperidine rings is 1. The Bertz CT molecular complexity index is 697. The zero-order valence-electron chi connectivity index (χ0n) is 13.1. The molecule has 126 valence electrons. The number of nitrogens with one attached hydrogen (secondary N) is 1. The average molecular weight is 364 g/mol. The number of nitrogens with zero attached hydrogens (tertiary/aromatic N) is 2. The third-order valence-corrected chi connectivity index (χ3v) is 5.60. The summed E-state index contributed by atoms with van der Waals surface area (Å²) >= 11 is 6.66. The molecule has 0 aromatic heterocycles. The molecule has 1 N–H and O–H groups in total. The maximum atomic E-state index is 12.6. The third kappa shape index (κ3) is 3.82. The second-order valence-electron chi connectivity index (χ2n) is 5.93. The van der Waals surface area contributed by atoms with Crippen molar-refractivity contribution in [2.45, 2.75) is 19.3 Å². The lowest BCUT2D eigenvalue weighted by atomic mass is 10.1. The van der Waals surface area contributed by atoms with E-state index < -0.39 is 4.92 Å². The first-order chi connectivity index (χ1) is 11.5. The van der Waals surface area contributed by atoms with Gasteiger partial charge in [0, 0.05) is 12.1 Å². The van der Waals surface area contributed by atoms with Crippen LogP contribution in [0, 0.1) is 10.1 Å². The zero-order chi connectivity index (χ0) is 17.1. The number of amides is 1. The van der Waals surface area contributed by atoms with E-state index in [1.807, 2.05) is 0 Å². The molecular formula is C16H18N3O3S2+. The molecule has 0 aliphatic carbocycles. The molecule has 2 fully saturated rings. The van der Waals surface area contributed by atoms with Gasteiger partial charge in [0.15, 0.2) is 11.0 Å². The van der Waals surface area contributed by atoms with Crippen LogP contribution in [0.3, 0.4) is 0 Å². The average Bonchev–Trinajstić information content (AvgIpc) is 2.84. The molecule has 0 spiro atoms. The van der Waals surface area contributed by atoms with E-state index in [-0.39, 0.29) is 11.6 Å². The fraction of sp³-hybridized carbons (Fsp3) is 0.375. The molecule has 1 aromatic carbocycles. The molecule has 2 heterocycles. The lowest BCUT2D eigenvalue weighted by Gasteiger charge is -2.27. The zero-order valence-corrected chi connectivity index (χ0v) is 14.7. The summed E-state index contributed by atoms with van der Waals surface area (Å²) in [6.45, 7) is 2.79. The van der Waals surface area contributed by atoms with Crippen LogP contribution in [0.15, 0.2) is 29.2 Å². The summed E-state index contributed by atoms with van der Waals surface area (Å²) in [5.41, 5.74) is 0.791. The van der Waals surface area contributed by atoms with Gasteiger partial charge in [-0.1, -0.05) is 24.0 Å². The number of thioether (sulfide) groups is 1. The first-order valence-electron chi connectivity index (χ1n) is 7.88. The van der Waals surface area contributed by atoms with Crippen molar-refractivity contribution in [1.82, 2.24) is 4.90 Å². The Morgan fingerprint density at radius 3 is 2.54 bits per heavy atom. The quantitative estimate of drug-likeness (QED) is 0.382. The van der Waals surface area contributed by atoms with Gasteiger partial charge < -0.3 is 4.90 Å². The number of quaternary nitrogens is 1. The molecule has 0 radical (unpaired) electrons. The van der Waals surface area contributed by atoms with Crippen molar-refractivity contribution in [3.8, 4) is 0 Å². The Labute approximate surface area is 149 Å². The van der Waals surface area contributed by atoms with E-state index in [9.17, 15) is 14.9 Å². The predicted octanol–water partition coefficient (Wildman–Crippen LogP) is 1.82. The van der Waals surface area contributed by atoms with Crippen LogP contribution in [0.5, 0.6) is 0 Å². The number of hydrogen-bond donors (Lipinski definition) is 1. The van der Waals surface area contributed by atoms with Crippen molar-refractivity contribution in [2.75, 3.05) is 19.8 Å². The van der Waals surface area contributed by atoms with Crippen molar-refractivity contribution < 1.29 is 14.6 Å². The van der Waals surface area contributed by atoms with Crippen molar-refractivity contribution in [2.24, 2.45) is 0 Å². The minimum atomic E-state index is -0.440. The fourth-order valence-corrected chi connectivity index (χ4v) is 4.17. The number of nitro groups is 1. The first kappa shape index (κ1) is 17.1. The van der Waals surface area contributed by atoms with Gasteiger partial charge in [0.25, 0.3) is 11.6 Å². The molecule has 6 nitrogen and oxygen atoms in total. The maximum absolute atomic E-state index is 12.6. The van der Waals surface area contributed by atoms with Crippen LogP contribution >= 0.6 is 24.0 Å². The van der Waals surface area contributed by atoms with Crippen LogP contribution < -0.4 is 4.90 Å². The van der Waals surface area contributed by atoms with Gasteiger partial charge in [-0.15, -0.1) is 0 Å². The minimum absolute atomic E-state index is 0.0356. The molecule has 24 heavy (non-hydrogen) atoms. The number of hydrogen-bond acceptors (Lipinski definition) is 5. The molecule has 3 rings (SSSR count). The highest BCUT2D eigenvalue weighted by molar-refractivity contribution is 8.26. The molecule has 0 bridgehead atoms. The number of thiocarbonyl (C=S) groups is 1. The minimum Gasteiger partial charge on any atom is -0.317 e. The summed E-state index contributed by atoms with van der Waals surface area (Å²) < 4.78 is 0.589. The highest BCUT2D eigenvalue weighted by Crippen LogP contribution is 2.32. The molecule has 0 unspecified atom stereocenters. The molecule has 8 heteroatoms. The second kappa shape index (κ2) is 7.42. The van der Waals surface area contributed by atoms with Gasteiger partial charge in [0.1, 0.15) is 0 Å². The fourth-order valence-electron chi connectivity index (χ4n) is 2.91. The van der Waals surface area contributed by atoms with E-state index in [1.54, 1.807) is 23.1 Å². The van der Waals surface area contributed by atoms with Crippen molar-refractivity contribution >= 4 is 46.0 Å². The summed E-state index contributed by atoms with van der Waals surface area (Å²) in [6, 6.07) is 6.15. The van der Waals surface area contributed by atoms with E-state index in [4.69, 9.17) is 12.2 Å². The van der Waals surface area contributed by atoms with Gasteiger partial charge in [-0.25, -0.2) is 4.90 Å². The van der Waals surface area contributed by atoms with Crippen molar-refractivity contribution in [3.63, 3.8) is 0 Å². The molecule has 2 saturated heterocycles. The van der Waals surface area contributed by atoms with Crippen LogP contribution in [0.4, 0.5) is 5.69 Å². The van der Waals surface area contributed by atoms with Crippen molar-refractivity contribution in [1.29, 1.82) is 0 Å². The van der Waals surface area contributed by atoms with Crippen LogP contribution in [0.1, 0.15) is 24.8 Å².